The molecule has 0 aliphatic rings. The van der Waals surface area contributed by atoms with E-state index in [-0.39, 0.29) is 0 Å². The van der Waals surface area contributed by atoms with Crippen molar-refractivity contribution < 1.29 is 36.2 Å². The molecule has 8 heteroatoms. The highest BCUT2D eigenvalue weighted by atomic mass is 19.4. The van der Waals surface area contributed by atoms with Crippen LogP contribution in [0.25, 0.3) is 11.1 Å². The Hall–Kier alpha value is -2.51. The fraction of sp³-hybridized carbons (Fsp3) is 0.133. The lowest BCUT2D eigenvalue weighted by molar-refractivity contribution is -0.138. The molecule has 0 aliphatic carbocycles. The molecule has 1 N–H and O–H groups in total. The van der Waals surface area contributed by atoms with Crippen molar-refractivity contribution in [1.29, 1.82) is 0 Å². The summed E-state index contributed by atoms with van der Waals surface area (Å²) in [6.07, 6.45) is -9.84. The topological polar surface area (TPSA) is 37.3 Å². The summed E-state index contributed by atoms with van der Waals surface area (Å²) in [7, 11) is 0. The van der Waals surface area contributed by atoms with Gasteiger partial charge in [-0.3, -0.25) is 0 Å². The second-order valence-corrected chi connectivity index (χ2v) is 4.57. The van der Waals surface area contributed by atoms with Crippen LogP contribution in [0.2, 0.25) is 0 Å². The van der Waals surface area contributed by atoms with Crippen molar-refractivity contribution >= 4 is 5.97 Å². The number of carbonyl (C=O) groups is 1. The average molecular weight is 334 g/mol. The van der Waals surface area contributed by atoms with Crippen LogP contribution in [0.15, 0.2) is 42.5 Å². The number of alkyl halides is 6. The Balaban J connectivity index is 2.84. The first-order valence-electron chi connectivity index (χ1n) is 6.13. The number of hydrogen-bond donors (Lipinski definition) is 1. The van der Waals surface area contributed by atoms with Crippen LogP contribution in [0.5, 0.6) is 0 Å². The lowest BCUT2D eigenvalue weighted by Crippen LogP contribution is -2.15. The van der Waals surface area contributed by atoms with Gasteiger partial charge in [-0.25, -0.2) is 4.79 Å². The number of halogens is 6. The summed E-state index contributed by atoms with van der Waals surface area (Å²) in [6.45, 7) is 0. The van der Waals surface area contributed by atoms with Gasteiger partial charge < -0.3 is 5.11 Å². The summed E-state index contributed by atoms with van der Waals surface area (Å²) in [5.41, 5.74) is -5.18. The fourth-order valence-electron chi connectivity index (χ4n) is 2.21. The molecule has 0 unspecified atom stereocenters. The van der Waals surface area contributed by atoms with E-state index in [0.717, 1.165) is 24.3 Å². The van der Waals surface area contributed by atoms with Gasteiger partial charge in [-0.15, -0.1) is 0 Å². The zero-order valence-corrected chi connectivity index (χ0v) is 11.2. The van der Waals surface area contributed by atoms with Gasteiger partial charge in [0.15, 0.2) is 0 Å². The predicted molar refractivity (Wildman–Crippen MR) is 68.8 cm³/mol. The van der Waals surface area contributed by atoms with Crippen LogP contribution >= 0.6 is 0 Å². The number of hydrogen-bond acceptors (Lipinski definition) is 1. The molecule has 2 nitrogen and oxygen atoms in total. The second kappa shape index (κ2) is 5.60. The minimum Gasteiger partial charge on any atom is -0.478 e. The van der Waals surface area contributed by atoms with E-state index in [9.17, 15) is 31.1 Å². The molecule has 23 heavy (non-hydrogen) atoms. The third-order valence-corrected chi connectivity index (χ3v) is 3.11. The van der Waals surface area contributed by atoms with Crippen LogP contribution in [0.3, 0.4) is 0 Å². The van der Waals surface area contributed by atoms with Crippen LogP contribution < -0.4 is 0 Å². The first kappa shape index (κ1) is 16.9. The lowest BCUT2D eigenvalue weighted by atomic mass is 9.92. The van der Waals surface area contributed by atoms with Crippen molar-refractivity contribution in [3.8, 4) is 11.1 Å². The Bertz CT molecular complexity index is 746. The Kier molecular flexibility index (Phi) is 4.10. The first-order valence-corrected chi connectivity index (χ1v) is 6.13. The molecule has 0 bridgehead atoms. The van der Waals surface area contributed by atoms with E-state index in [1.165, 1.54) is 6.07 Å². The van der Waals surface area contributed by atoms with Gasteiger partial charge in [0.2, 0.25) is 0 Å². The Morgan fingerprint density at radius 1 is 0.739 bits per heavy atom. The summed E-state index contributed by atoms with van der Waals surface area (Å²) < 4.78 is 78.0. The first-order chi connectivity index (χ1) is 10.5. The molecule has 0 fully saturated rings. The molecular formula is C15H8F6O2. The van der Waals surface area contributed by atoms with Gasteiger partial charge in [0.25, 0.3) is 0 Å². The molecule has 0 heterocycles. The summed E-state index contributed by atoms with van der Waals surface area (Å²) in [5.74, 6) is -1.95. The van der Waals surface area contributed by atoms with Crippen LogP contribution in [0.4, 0.5) is 26.3 Å². The molecule has 0 amide bonds. The summed E-state index contributed by atoms with van der Waals surface area (Å²) in [6, 6.07) is 6.19. The SMILES string of the molecule is O=C(O)c1c(-c2ccccc2C(F)(F)F)cccc1C(F)(F)F. The van der Waals surface area contributed by atoms with E-state index < -0.39 is 46.1 Å². The van der Waals surface area contributed by atoms with Gasteiger partial charge >= 0.3 is 18.3 Å². The van der Waals surface area contributed by atoms with Gasteiger partial charge in [-0.1, -0.05) is 30.3 Å². The molecule has 2 aromatic rings. The van der Waals surface area contributed by atoms with Crippen molar-refractivity contribution in [3.63, 3.8) is 0 Å². The monoisotopic (exact) mass is 334 g/mol. The quantitative estimate of drug-likeness (QED) is 0.777. The van der Waals surface area contributed by atoms with E-state index in [2.05, 4.69) is 0 Å². The van der Waals surface area contributed by atoms with Crippen molar-refractivity contribution in [1.82, 2.24) is 0 Å². The molecule has 0 saturated carbocycles. The van der Waals surface area contributed by atoms with Gasteiger partial charge in [0.1, 0.15) is 0 Å². The maximum atomic E-state index is 13.0. The molecule has 2 aromatic carbocycles. The van der Waals surface area contributed by atoms with Gasteiger partial charge in [0, 0.05) is 0 Å². The zero-order chi connectivity index (χ0) is 17.4. The smallest absolute Gasteiger partial charge is 0.417 e. The minimum absolute atomic E-state index is 0.517. The Morgan fingerprint density at radius 2 is 1.22 bits per heavy atom. The van der Waals surface area contributed by atoms with E-state index in [1.807, 2.05) is 0 Å². The fourth-order valence-corrected chi connectivity index (χ4v) is 2.21. The van der Waals surface area contributed by atoms with E-state index in [0.29, 0.717) is 12.1 Å². The molecule has 0 aromatic heterocycles. The highest BCUT2D eigenvalue weighted by Gasteiger charge is 2.39. The summed E-state index contributed by atoms with van der Waals surface area (Å²) in [4.78, 5) is 11.2. The molecule has 0 radical (unpaired) electrons. The summed E-state index contributed by atoms with van der Waals surface area (Å²) in [5, 5.41) is 9.08. The van der Waals surface area contributed by atoms with Crippen LogP contribution in [0, 0.1) is 0 Å². The van der Waals surface area contributed by atoms with Crippen molar-refractivity contribution in [2.45, 2.75) is 12.4 Å². The Morgan fingerprint density at radius 3 is 1.74 bits per heavy atom. The third-order valence-electron chi connectivity index (χ3n) is 3.11. The Labute approximate surface area is 126 Å². The maximum absolute atomic E-state index is 13.0. The molecule has 0 atom stereocenters. The van der Waals surface area contributed by atoms with Crippen LogP contribution in [-0.2, 0) is 12.4 Å². The number of benzene rings is 2. The summed E-state index contributed by atoms with van der Waals surface area (Å²) >= 11 is 0. The molecule has 0 saturated heterocycles. The van der Waals surface area contributed by atoms with Gasteiger partial charge in [0.05, 0.1) is 16.7 Å². The molecular weight excluding hydrogens is 326 g/mol. The molecule has 0 aliphatic heterocycles. The van der Waals surface area contributed by atoms with Crippen molar-refractivity contribution in [2.75, 3.05) is 0 Å². The zero-order valence-electron chi connectivity index (χ0n) is 11.2. The predicted octanol–water partition coefficient (Wildman–Crippen LogP) is 5.09. The number of carboxylic acid groups (broad SMARTS) is 1. The van der Waals surface area contributed by atoms with E-state index in [1.54, 1.807) is 0 Å². The van der Waals surface area contributed by atoms with Gasteiger partial charge in [-0.2, -0.15) is 26.3 Å². The normalized spacial score (nSPS) is 12.3. The highest BCUT2D eigenvalue weighted by molar-refractivity contribution is 5.98. The highest BCUT2D eigenvalue weighted by Crippen LogP contribution is 2.41. The van der Waals surface area contributed by atoms with Crippen LogP contribution in [-0.4, -0.2) is 11.1 Å². The maximum Gasteiger partial charge on any atom is 0.417 e. The van der Waals surface area contributed by atoms with Crippen molar-refractivity contribution in [3.05, 3.63) is 59.2 Å². The molecule has 122 valence electrons. The largest absolute Gasteiger partial charge is 0.478 e. The van der Waals surface area contributed by atoms with E-state index in [4.69, 9.17) is 5.11 Å². The van der Waals surface area contributed by atoms with Gasteiger partial charge in [-0.05, 0) is 23.3 Å². The standard InChI is InChI=1S/C15H8F6O2/c16-14(17,18)10-6-2-1-4-8(10)9-5-3-7-11(15(19,20)21)12(9)13(22)23/h1-7H,(H,22,23). The number of aromatic carboxylic acids is 1. The van der Waals surface area contributed by atoms with Crippen molar-refractivity contribution in [2.24, 2.45) is 0 Å². The minimum atomic E-state index is -5.00. The number of rotatable bonds is 2. The third kappa shape index (κ3) is 3.30. The second-order valence-electron chi connectivity index (χ2n) is 4.57. The lowest BCUT2D eigenvalue weighted by Gasteiger charge is -2.17. The molecule has 2 rings (SSSR count). The number of carboxylic acids is 1. The van der Waals surface area contributed by atoms with E-state index >= 15 is 0 Å². The average Bonchev–Trinajstić information content (AvgIpc) is 2.44. The molecule has 0 spiro atoms. The van der Waals surface area contributed by atoms with Crippen LogP contribution in [0.1, 0.15) is 21.5 Å².